The standard InChI is InChI=1S/C25H39N3.ClH/c1-6-21(18-26)19-27-14-16-28(17-15-27)23-12-8-7-11-22(23)25(5)13-9-10-20(2)24(25,3)4;/h7-8,11-12,20-21H,6,9-10,13-17,19H2,1-5H3;1H. The molecule has 1 saturated carbocycles. The zero-order valence-corrected chi connectivity index (χ0v) is 19.9. The van der Waals surface area contributed by atoms with E-state index in [2.05, 4.69) is 74.8 Å². The molecule has 3 unspecified atom stereocenters. The number of anilines is 1. The number of piperazine rings is 1. The molecule has 1 saturated heterocycles. The molecule has 3 nitrogen and oxygen atoms in total. The van der Waals surface area contributed by atoms with Crippen LogP contribution in [0.4, 0.5) is 5.69 Å². The lowest BCUT2D eigenvalue weighted by Gasteiger charge is -2.53. The molecule has 3 rings (SSSR count). The SMILES string of the molecule is CCC(C#N)CN1CCN(c2ccccc2C2(C)CCCC(C)C2(C)C)CC1.Cl. The Balaban J connectivity index is 0.00000300. The van der Waals surface area contributed by atoms with Gasteiger partial charge in [-0.2, -0.15) is 5.26 Å². The summed E-state index contributed by atoms with van der Waals surface area (Å²) in [5.41, 5.74) is 3.50. The van der Waals surface area contributed by atoms with Crippen LogP contribution in [0, 0.1) is 28.6 Å². The smallest absolute Gasteiger partial charge is 0.0669 e. The van der Waals surface area contributed by atoms with Crippen LogP contribution in [0.5, 0.6) is 0 Å². The van der Waals surface area contributed by atoms with E-state index in [0.29, 0.717) is 5.41 Å². The van der Waals surface area contributed by atoms with Crippen LogP contribution in [0.2, 0.25) is 0 Å². The number of hydrogen-bond donors (Lipinski definition) is 0. The van der Waals surface area contributed by atoms with Crippen molar-refractivity contribution in [1.29, 1.82) is 5.26 Å². The van der Waals surface area contributed by atoms with E-state index in [0.717, 1.165) is 45.1 Å². The predicted octanol–water partition coefficient (Wildman–Crippen LogP) is 5.88. The van der Waals surface area contributed by atoms with Gasteiger partial charge in [-0.1, -0.05) is 65.7 Å². The fourth-order valence-electron chi connectivity index (χ4n) is 5.43. The second-order valence-corrected chi connectivity index (χ2v) is 9.89. The number of hydrogen-bond acceptors (Lipinski definition) is 3. The third-order valence-electron chi connectivity index (χ3n) is 8.33. The molecular formula is C25H40ClN3. The van der Waals surface area contributed by atoms with Crippen LogP contribution < -0.4 is 4.90 Å². The van der Waals surface area contributed by atoms with E-state index in [9.17, 15) is 5.26 Å². The van der Waals surface area contributed by atoms with Gasteiger partial charge in [0.1, 0.15) is 0 Å². The van der Waals surface area contributed by atoms with E-state index < -0.39 is 0 Å². The highest BCUT2D eigenvalue weighted by atomic mass is 35.5. The Morgan fingerprint density at radius 1 is 1.14 bits per heavy atom. The van der Waals surface area contributed by atoms with Gasteiger partial charge >= 0.3 is 0 Å². The van der Waals surface area contributed by atoms with Crippen LogP contribution >= 0.6 is 12.4 Å². The first-order chi connectivity index (χ1) is 13.3. The maximum Gasteiger partial charge on any atom is 0.0669 e. The average Bonchev–Trinajstić information content (AvgIpc) is 2.71. The van der Waals surface area contributed by atoms with Crippen molar-refractivity contribution in [1.82, 2.24) is 4.90 Å². The third kappa shape index (κ3) is 4.59. The number of nitriles is 1. The van der Waals surface area contributed by atoms with E-state index in [1.807, 2.05) is 0 Å². The van der Waals surface area contributed by atoms with Crippen molar-refractivity contribution in [3.05, 3.63) is 29.8 Å². The molecule has 0 aromatic heterocycles. The van der Waals surface area contributed by atoms with Crippen molar-refractivity contribution in [2.24, 2.45) is 17.3 Å². The summed E-state index contributed by atoms with van der Waals surface area (Å²) in [5, 5.41) is 9.28. The second-order valence-electron chi connectivity index (χ2n) is 9.89. The van der Waals surface area contributed by atoms with Crippen LogP contribution in [-0.4, -0.2) is 37.6 Å². The lowest BCUT2D eigenvalue weighted by molar-refractivity contribution is 0.0478. The number of halogens is 1. The van der Waals surface area contributed by atoms with Gasteiger partial charge < -0.3 is 4.90 Å². The highest BCUT2D eigenvalue weighted by molar-refractivity contribution is 5.85. The van der Waals surface area contributed by atoms with Crippen LogP contribution in [0.3, 0.4) is 0 Å². The van der Waals surface area contributed by atoms with Gasteiger partial charge in [0.15, 0.2) is 0 Å². The largest absolute Gasteiger partial charge is 0.369 e. The van der Waals surface area contributed by atoms with Gasteiger partial charge in [-0.15, -0.1) is 12.4 Å². The van der Waals surface area contributed by atoms with Crippen molar-refractivity contribution in [2.75, 3.05) is 37.6 Å². The quantitative estimate of drug-likeness (QED) is 0.598. The minimum absolute atomic E-state index is 0. The molecule has 0 radical (unpaired) electrons. The molecule has 29 heavy (non-hydrogen) atoms. The van der Waals surface area contributed by atoms with Gasteiger partial charge in [-0.05, 0) is 41.2 Å². The zero-order valence-electron chi connectivity index (χ0n) is 19.1. The lowest BCUT2D eigenvalue weighted by atomic mass is 9.52. The van der Waals surface area contributed by atoms with E-state index in [1.54, 1.807) is 5.56 Å². The van der Waals surface area contributed by atoms with Crippen LogP contribution in [0.1, 0.15) is 65.9 Å². The molecule has 0 spiro atoms. The molecule has 1 heterocycles. The van der Waals surface area contributed by atoms with E-state index in [-0.39, 0.29) is 23.7 Å². The third-order valence-corrected chi connectivity index (χ3v) is 8.33. The van der Waals surface area contributed by atoms with Crippen LogP contribution in [-0.2, 0) is 5.41 Å². The van der Waals surface area contributed by atoms with Crippen molar-refractivity contribution in [3.63, 3.8) is 0 Å². The molecule has 0 amide bonds. The molecule has 4 heteroatoms. The van der Waals surface area contributed by atoms with Gasteiger partial charge in [0.05, 0.1) is 12.0 Å². The van der Waals surface area contributed by atoms with Gasteiger partial charge in [0.25, 0.3) is 0 Å². The van der Waals surface area contributed by atoms with Crippen molar-refractivity contribution in [2.45, 2.75) is 65.7 Å². The van der Waals surface area contributed by atoms with Crippen molar-refractivity contribution in [3.8, 4) is 6.07 Å². The summed E-state index contributed by atoms with van der Waals surface area (Å²) < 4.78 is 0. The fraction of sp³-hybridized carbons (Fsp3) is 0.720. The topological polar surface area (TPSA) is 30.3 Å². The van der Waals surface area contributed by atoms with E-state index >= 15 is 0 Å². The Bertz CT molecular complexity index is 702. The monoisotopic (exact) mass is 417 g/mol. The lowest BCUT2D eigenvalue weighted by Crippen LogP contribution is -2.50. The Hall–Kier alpha value is -1.24. The number of benzene rings is 1. The molecule has 1 aromatic carbocycles. The number of nitrogens with zero attached hydrogens (tertiary/aromatic N) is 3. The first-order valence-corrected chi connectivity index (χ1v) is 11.3. The maximum absolute atomic E-state index is 9.28. The minimum Gasteiger partial charge on any atom is -0.369 e. The summed E-state index contributed by atoms with van der Waals surface area (Å²) >= 11 is 0. The molecule has 162 valence electrons. The Morgan fingerprint density at radius 2 is 1.79 bits per heavy atom. The van der Waals surface area contributed by atoms with Gasteiger partial charge in [0, 0.05) is 38.4 Å². The maximum atomic E-state index is 9.28. The van der Waals surface area contributed by atoms with Gasteiger partial charge in [-0.25, -0.2) is 0 Å². The number of para-hydroxylation sites is 1. The molecule has 1 aliphatic heterocycles. The minimum atomic E-state index is 0. The first kappa shape index (κ1) is 24.0. The van der Waals surface area contributed by atoms with Crippen molar-refractivity contribution >= 4 is 18.1 Å². The van der Waals surface area contributed by atoms with Crippen LogP contribution in [0.25, 0.3) is 0 Å². The first-order valence-electron chi connectivity index (χ1n) is 11.3. The Labute approximate surface area is 184 Å². The highest BCUT2D eigenvalue weighted by Crippen LogP contribution is 2.56. The average molecular weight is 418 g/mol. The van der Waals surface area contributed by atoms with E-state index in [1.165, 1.54) is 24.9 Å². The summed E-state index contributed by atoms with van der Waals surface area (Å²) in [7, 11) is 0. The Morgan fingerprint density at radius 3 is 2.41 bits per heavy atom. The molecular weight excluding hydrogens is 378 g/mol. The molecule has 0 bridgehead atoms. The molecule has 2 fully saturated rings. The summed E-state index contributed by atoms with van der Waals surface area (Å²) in [6, 6.07) is 11.6. The second kappa shape index (κ2) is 9.71. The van der Waals surface area contributed by atoms with Gasteiger partial charge in [-0.3, -0.25) is 4.90 Å². The summed E-state index contributed by atoms with van der Waals surface area (Å²) in [5.74, 6) is 0.912. The zero-order chi connectivity index (χ0) is 20.4. The normalized spacial score (nSPS) is 28.3. The molecule has 3 atom stereocenters. The Kier molecular flexibility index (Phi) is 8.05. The summed E-state index contributed by atoms with van der Waals surface area (Å²) in [6.07, 6.45) is 4.91. The van der Waals surface area contributed by atoms with E-state index in [4.69, 9.17) is 0 Å². The molecule has 2 aliphatic rings. The molecule has 1 aliphatic carbocycles. The summed E-state index contributed by atoms with van der Waals surface area (Å²) in [6.45, 7) is 17.2. The van der Waals surface area contributed by atoms with Crippen molar-refractivity contribution < 1.29 is 0 Å². The molecule has 0 N–H and O–H groups in total. The highest BCUT2D eigenvalue weighted by Gasteiger charge is 2.49. The predicted molar refractivity (Wildman–Crippen MR) is 126 cm³/mol. The summed E-state index contributed by atoms with van der Waals surface area (Å²) in [4.78, 5) is 5.07. The van der Waals surface area contributed by atoms with Gasteiger partial charge in [0.2, 0.25) is 0 Å². The molecule has 1 aromatic rings. The fourth-order valence-corrected chi connectivity index (χ4v) is 5.43. The number of rotatable bonds is 5. The van der Waals surface area contributed by atoms with Crippen LogP contribution in [0.15, 0.2) is 24.3 Å².